The van der Waals surface area contributed by atoms with Crippen LogP contribution >= 0.6 is 0 Å². The Hall–Kier alpha value is -2.45. The Bertz CT molecular complexity index is 1010. The lowest BCUT2D eigenvalue weighted by atomic mass is 10.0. The third kappa shape index (κ3) is 3.94. The van der Waals surface area contributed by atoms with Crippen molar-refractivity contribution < 1.29 is 17.9 Å². The topological polar surface area (TPSA) is 79.8 Å². The summed E-state index contributed by atoms with van der Waals surface area (Å²) in [6.45, 7) is 5.43. The maximum Gasteiger partial charge on any atom is 0.253 e. The number of rotatable bonds is 3. The van der Waals surface area contributed by atoms with Crippen LogP contribution in [-0.4, -0.2) is 60.3 Å². The molecule has 160 valence electrons. The number of hydrogen-bond acceptors (Lipinski definition) is 5. The summed E-state index contributed by atoms with van der Waals surface area (Å²) in [5.41, 5.74) is 0.588. The van der Waals surface area contributed by atoms with Crippen LogP contribution in [0.1, 0.15) is 37.0 Å². The minimum atomic E-state index is -3.69. The zero-order valence-electron chi connectivity index (χ0n) is 17.3. The zero-order chi connectivity index (χ0) is 21.3. The first-order chi connectivity index (χ1) is 14.4. The molecular weight excluding hydrogens is 402 g/mol. The highest BCUT2D eigenvalue weighted by molar-refractivity contribution is 7.89. The van der Waals surface area contributed by atoms with E-state index >= 15 is 0 Å². The van der Waals surface area contributed by atoms with E-state index in [2.05, 4.69) is 4.98 Å². The third-order valence-electron chi connectivity index (χ3n) is 5.65. The first-order valence-corrected chi connectivity index (χ1v) is 11.8. The van der Waals surface area contributed by atoms with Gasteiger partial charge in [-0.15, -0.1) is 0 Å². The zero-order valence-corrected chi connectivity index (χ0v) is 18.1. The van der Waals surface area contributed by atoms with Gasteiger partial charge in [-0.3, -0.25) is 9.78 Å². The lowest BCUT2D eigenvalue weighted by molar-refractivity contribution is 0.0755. The molecule has 2 aromatic rings. The summed E-state index contributed by atoms with van der Waals surface area (Å²) in [7, 11) is -3.69. The molecule has 0 radical (unpaired) electrons. The number of aromatic nitrogens is 1. The third-order valence-corrected chi connectivity index (χ3v) is 7.58. The lowest BCUT2D eigenvalue weighted by Crippen LogP contribution is -2.48. The molecule has 0 saturated carbocycles. The van der Waals surface area contributed by atoms with Gasteiger partial charge in [0.1, 0.15) is 16.7 Å². The molecular formula is C22H27N3O4S. The van der Waals surface area contributed by atoms with Gasteiger partial charge in [-0.2, -0.15) is 4.31 Å². The number of fused-ring (bicyclic) bond motifs is 2. The van der Waals surface area contributed by atoms with E-state index in [0.717, 1.165) is 0 Å². The number of carbonyl (C=O) groups excluding carboxylic acids is 1. The molecule has 8 heteroatoms. The van der Waals surface area contributed by atoms with Crippen molar-refractivity contribution in [3.63, 3.8) is 0 Å². The van der Waals surface area contributed by atoms with E-state index in [0.29, 0.717) is 43.8 Å². The van der Waals surface area contributed by atoms with E-state index in [1.165, 1.54) is 0 Å². The quantitative estimate of drug-likeness (QED) is 0.750. The fourth-order valence-electron chi connectivity index (χ4n) is 4.23. The lowest BCUT2D eigenvalue weighted by Gasteiger charge is -2.32. The normalized spacial score (nSPS) is 23.6. The molecule has 7 nitrogen and oxygen atoms in total. The monoisotopic (exact) mass is 429 g/mol. The van der Waals surface area contributed by atoms with Crippen LogP contribution in [-0.2, 0) is 10.0 Å². The largest absolute Gasteiger partial charge is 0.487 e. The molecule has 1 saturated heterocycles. The Kier molecular flexibility index (Phi) is 5.79. The van der Waals surface area contributed by atoms with Crippen molar-refractivity contribution in [2.45, 2.75) is 43.7 Å². The molecule has 1 amide bonds. The van der Waals surface area contributed by atoms with Crippen LogP contribution in [0.5, 0.6) is 5.75 Å². The minimum Gasteiger partial charge on any atom is -0.487 e. The number of hydrogen-bond donors (Lipinski definition) is 0. The van der Waals surface area contributed by atoms with Crippen molar-refractivity contribution in [1.29, 1.82) is 0 Å². The molecule has 30 heavy (non-hydrogen) atoms. The van der Waals surface area contributed by atoms with E-state index in [1.54, 1.807) is 58.0 Å². The minimum absolute atomic E-state index is 0.0625. The van der Waals surface area contributed by atoms with Crippen LogP contribution in [0.4, 0.5) is 0 Å². The molecule has 0 unspecified atom stereocenters. The molecule has 0 N–H and O–H groups in total. The molecule has 2 aliphatic heterocycles. The summed E-state index contributed by atoms with van der Waals surface area (Å²) in [4.78, 5) is 18.9. The van der Waals surface area contributed by atoms with Crippen LogP contribution in [0, 0.1) is 5.92 Å². The van der Waals surface area contributed by atoms with Gasteiger partial charge < -0.3 is 9.64 Å². The number of nitrogens with zero attached hydrogens (tertiary/aromatic N) is 3. The predicted octanol–water partition coefficient (Wildman–Crippen LogP) is 2.79. The van der Waals surface area contributed by atoms with Crippen molar-refractivity contribution in [2.24, 2.45) is 5.92 Å². The number of para-hydroxylation sites is 1. The highest BCUT2D eigenvalue weighted by atomic mass is 32.2. The average molecular weight is 430 g/mol. The number of ether oxygens (including phenoxy) is 1. The Labute approximate surface area is 177 Å². The molecule has 1 fully saturated rings. The summed E-state index contributed by atoms with van der Waals surface area (Å²) >= 11 is 0. The molecule has 0 aliphatic carbocycles. The van der Waals surface area contributed by atoms with E-state index in [-0.39, 0.29) is 28.9 Å². The van der Waals surface area contributed by atoms with Gasteiger partial charge in [0.05, 0.1) is 6.04 Å². The van der Waals surface area contributed by atoms with Crippen molar-refractivity contribution in [1.82, 2.24) is 14.2 Å². The number of benzene rings is 1. The van der Waals surface area contributed by atoms with E-state index < -0.39 is 10.0 Å². The predicted molar refractivity (Wildman–Crippen MR) is 113 cm³/mol. The molecule has 3 heterocycles. The second-order valence-electron chi connectivity index (χ2n) is 8.24. The highest BCUT2D eigenvalue weighted by Crippen LogP contribution is 2.36. The summed E-state index contributed by atoms with van der Waals surface area (Å²) in [5, 5.41) is 0. The van der Waals surface area contributed by atoms with Gasteiger partial charge in [-0.1, -0.05) is 26.0 Å². The van der Waals surface area contributed by atoms with Crippen molar-refractivity contribution in [2.75, 3.05) is 19.6 Å². The smallest absolute Gasteiger partial charge is 0.253 e. The van der Waals surface area contributed by atoms with Gasteiger partial charge in [0, 0.05) is 44.0 Å². The van der Waals surface area contributed by atoms with Gasteiger partial charge in [-0.25, -0.2) is 8.42 Å². The second kappa shape index (κ2) is 8.35. The van der Waals surface area contributed by atoms with Crippen molar-refractivity contribution in [3.8, 4) is 5.75 Å². The number of likely N-dealkylation sites (tertiary alicyclic amines) is 1. The number of amides is 1. The molecule has 1 aromatic heterocycles. The van der Waals surface area contributed by atoms with E-state index in [9.17, 15) is 13.2 Å². The maximum absolute atomic E-state index is 13.5. The Morgan fingerprint density at radius 2 is 1.83 bits per heavy atom. The summed E-state index contributed by atoms with van der Waals surface area (Å²) in [5.74, 6) is 0.503. The summed E-state index contributed by atoms with van der Waals surface area (Å²) in [6, 6.07) is 9.93. The molecule has 0 bridgehead atoms. The first-order valence-electron chi connectivity index (χ1n) is 10.3. The standard InChI is InChI=1S/C22H27N3O4S/c1-16(2)15-25-18-9-13-24(22(26)17-7-11-23-12-8-17)14-10-19(18)29-20-5-3-4-6-21(20)30(25,27)28/h3-8,11-12,16,18-19H,9-10,13-15H2,1-2H3/t18-,19-/m0/s1. The fourth-order valence-corrected chi connectivity index (χ4v) is 6.20. The average Bonchev–Trinajstić information content (AvgIpc) is 2.98. The second-order valence-corrected chi connectivity index (χ2v) is 10.1. The van der Waals surface area contributed by atoms with Crippen LogP contribution in [0.2, 0.25) is 0 Å². The molecule has 2 atom stereocenters. The molecule has 2 aliphatic rings. The van der Waals surface area contributed by atoms with Gasteiger partial charge in [0.25, 0.3) is 5.91 Å². The van der Waals surface area contributed by atoms with Crippen LogP contribution in [0.25, 0.3) is 0 Å². The maximum atomic E-state index is 13.5. The molecule has 0 spiro atoms. The van der Waals surface area contributed by atoms with Gasteiger partial charge in [0.2, 0.25) is 10.0 Å². The van der Waals surface area contributed by atoms with E-state index in [4.69, 9.17) is 4.74 Å². The van der Waals surface area contributed by atoms with Crippen molar-refractivity contribution >= 4 is 15.9 Å². The summed E-state index contributed by atoms with van der Waals surface area (Å²) < 4.78 is 34.9. The van der Waals surface area contributed by atoms with Crippen LogP contribution in [0.15, 0.2) is 53.7 Å². The van der Waals surface area contributed by atoms with Crippen LogP contribution < -0.4 is 4.74 Å². The first kappa shape index (κ1) is 20.8. The Balaban J connectivity index is 1.67. The van der Waals surface area contributed by atoms with E-state index in [1.807, 2.05) is 13.8 Å². The van der Waals surface area contributed by atoms with Crippen molar-refractivity contribution in [3.05, 3.63) is 54.4 Å². The van der Waals surface area contributed by atoms with Gasteiger partial charge in [0.15, 0.2) is 0 Å². The fraction of sp³-hybridized carbons (Fsp3) is 0.455. The summed E-state index contributed by atoms with van der Waals surface area (Å²) in [6.07, 6.45) is 4.00. The van der Waals surface area contributed by atoms with Gasteiger partial charge in [-0.05, 0) is 36.6 Å². The SMILES string of the molecule is CC(C)CN1[C@H]2CCN(C(=O)c3ccncc3)CC[C@@H]2Oc2ccccc2S1(=O)=O. The molecule has 1 aromatic carbocycles. The van der Waals surface area contributed by atoms with Gasteiger partial charge >= 0.3 is 0 Å². The number of carbonyl (C=O) groups is 1. The Morgan fingerprint density at radius 3 is 2.57 bits per heavy atom. The van der Waals surface area contributed by atoms with Crippen LogP contribution in [0.3, 0.4) is 0 Å². The Morgan fingerprint density at radius 1 is 1.13 bits per heavy atom. The highest BCUT2D eigenvalue weighted by Gasteiger charge is 2.43. The number of pyridine rings is 1. The number of sulfonamides is 1. The molecule has 4 rings (SSSR count).